The van der Waals surface area contributed by atoms with Gasteiger partial charge in [-0.2, -0.15) is 0 Å². The summed E-state index contributed by atoms with van der Waals surface area (Å²) in [7, 11) is -3.77. The van der Waals surface area contributed by atoms with Gasteiger partial charge in [0.2, 0.25) is 0 Å². The number of aromatic nitrogens is 2. The number of rotatable bonds is 3. The van der Waals surface area contributed by atoms with Crippen molar-refractivity contribution in [3.8, 4) is 16.9 Å². The number of ether oxygens (including phenoxy) is 1. The molecule has 5 rings (SSSR count). The molecule has 3 heterocycles. The van der Waals surface area contributed by atoms with Crippen LogP contribution in [0.2, 0.25) is 0 Å². The first kappa shape index (κ1) is 19.1. The highest BCUT2D eigenvalue weighted by Gasteiger charge is 2.31. The smallest absolute Gasteiger partial charge is 0.264 e. The molecule has 0 spiro atoms. The fourth-order valence-electron chi connectivity index (χ4n) is 3.80. The molecule has 0 saturated carbocycles. The zero-order valence-electron chi connectivity index (χ0n) is 16.7. The Hall–Kier alpha value is -2.91. The fourth-order valence-corrected chi connectivity index (χ4v) is 6.22. The third-order valence-corrected chi connectivity index (χ3v) is 7.90. The predicted octanol–water partition coefficient (Wildman–Crippen LogP) is 4.46. The van der Waals surface area contributed by atoms with Crippen LogP contribution in [0.5, 0.6) is 5.75 Å². The maximum Gasteiger partial charge on any atom is 0.264 e. The van der Waals surface area contributed by atoms with E-state index in [2.05, 4.69) is 10.1 Å². The molecule has 0 N–H and O–H groups in total. The standard InChI is InChI=1S/C21H19N3O4S2/c1-12-21(13(2)28-23-12)15-4-7-19-18(10-15)24(8-9-27-19)30(25,26)16-5-6-17-20(11-16)29-14(3)22-17/h4-7,10-11H,8-9H2,1-3H3. The summed E-state index contributed by atoms with van der Waals surface area (Å²) >= 11 is 1.48. The number of aryl methyl sites for hydroxylation is 3. The van der Waals surface area contributed by atoms with Crippen molar-refractivity contribution in [2.24, 2.45) is 0 Å². The number of hydrogen-bond acceptors (Lipinski definition) is 7. The maximum absolute atomic E-state index is 13.6. The van der Waals surface area contributed by atoms with E-state index in [0.29, 0.717) is 23.8 Å². The minimum Gasteiger partial charge on any atom is -0.489 e. The molecule has 2 aromatic carbocycles. The molecular weight excluding hydrogens is 422 g/mol. The summed E-state index contributed by atoms with van der Waals surface area (Å²) in [5.74, 6) is 1.22. The second-order valence-electron chi connectivity index (χ2n) is 7.17. The van der Waals surface area contributed by atoms with E-state index in [1.54, 1.807) is 24.3 Å². The Morgan fingerprint density at radius 1 is 1.10 bits per heavy atom. The fraction of sp³-hybridized carbons (Fsp3) is 0.238. The van der Waals surface area contributed by atoms with E-state index in [1.807, 2.05) is 32.9 Å². The molecule has 0 atom stereocenters. The molecule has 1 aliphatic heterocycles. The van der Waals surface area contributed by atoms with Crippen LogP contribution >= 0.6 is 11.3 Å². The average Bonchev–Trinajstić information content (AvgIpc) is 3.26. The Balaban J connectivity index is 1.63. The van der Waals surface area contributed by atoms with E-state index in [4.69, 9.17) is 9.26 Å². The summed E-state index contributed by atoms with van der Waals surface area (Å²) < 4.78 is 40.4. The number of sulfonamides is 1. The highest BCUT2D eigenvalue weighted by Crippen LogP contribution is 2.40. The van der Waals surface area contributed by atoms with E-state index in [-0.39, 0.29) is 11.4 Å². The van der Waals surface area contributed by atoms with Gasteiger partial charge in [0.15, 0.2) is 0 Å². The molecule has 0 fully saturated rings. The van der Waals surface area contributed by atoms with Crippen LogP contribution in [0.1, 0.15) is 16.5 Å². The normalized spacial score (nSPS) is 14.0. The summed E-state index contributed by atoms with van der Waals surface area (Å²) in [4.78, 5) is 4.66. The van der Waals surface area contributed by atoms with Crippen LogP contribution in [0.25, 0.3) is 21.3 Å². The van der Waals surface area contributed by atoms with Crippen molar-refractivity contribution in [3.05, 3.63) is 52.9 Å². The highest BCUT2D eigenvalue weighted by molar-refractivity contribution is 7.92. The first-order chi connectivity index (χ1) is 14.3. The van der Waals surface area contributed by atoms with E-state index < -0.39 is 10.0 Å². The first-order valence-electron chi connectivity index (χ1n) is 9.44. The van der Waals surface area contributed by atoms with Crippen molar-refractivity contribution in [1.82, 2.24) is 10.1 Å². The average molecular weight is 442 g/mol. The molecule has 154 valence electrons. The topological polar surface area (TPSA) is 85.5 Å². The minimum atomic E-state index is -3.77. The number of anilines is 1. The molecule has 0 amide bonds. The lowest BCUT2D eigenvalue weighted by molar-refractivity contribution is 0.316. The van der Waals surface area contributed by atoms with Gasteiger partial charge in [-0.15, -0.1) is 11.3 Å². The van der Waals surface area contributed by atoms with Crippen LogP contribution in [0.3, 0.4) is 0 Å². The third-order valence-electron chi connectivity index (χ3n) is 5.16. The molecule has 9 heteroatoms. The minimum absolute atomic E-state index is 0.236. The summed E-state index contributed by atoms with van der Waals surface area (Å²) in [5, 5.41) is 4.91. The zero-order chi connectivity index (χ0) is 21.0. The van der Waals surface area contributed by atoms with Crippen LogP contribution in [0, 0.1) is 20.8 Å². The Morgan fingerprint density at radius 3 is 2.70 bits per heavy atom. The van der Waals surface area contributed by atoms with Gasteiger partial charge in [0, 0.05) is 5.56 Å². The molecule has 2 aromatic heterocycles. The van der Waals surface area contributed by atoms with Crippen LogP contribution < -0.4 is 9.04 Å². The summed E-state index contributed by atoms with van der Waals surface area (Å²) in [5.41, 5.74) is 3.77. The van der Waals surface area contributed by atoms with Crippen molar-refractivity contribution in [2.45, 2.75) is 25.7 Å². The van der Waals surface area contributed by atoms with E-state index in [1.165, 1.54) is 15.6 Å². The molecule has 7 nitrogen and oxygen atoms in total. The van der Waals surface area contributed by atoms with E-state index >= 15 is 0 Å². The number of benzene rings is 2. The molecular formula is C21H19N3O4S2. The van der Waals surface area contributed by atoms with Gasteiger partial charge < -0.3 is 9.26 Å². The molecule has 0 unspecified atom stereocenters. The summed E-state index contributed by atoms with van der Waals surface area (Å²) in [6, 6.07) is 10.6. The van der Waals surface area contributed by atoms with Gasteiger partial charge in [0.25, 0.3) is 10.0 Å². The van der Waals surface area contributed by atoms with Crippen molar-refractivity contribution < 1.29 is 17.7 Å². The van der Waals surface area contributed by atoms with E-state index in [9.17, 15) is 8.42 Å². The van der Waals surface area contributed by atoms with Crippen molar-refractivity contribution in [3.63, 3.8) is 0 Å². The van der Waals surface area contributed by atoms with Crippen LogP contribution in [-0.4, -0.2) is 31.7 Å². The zero-order valence-corrected chi connectivity index (χ0v) is 18.3. The molecule has 4 aromatic rings. The Kier molecular flexibility index (Phi) is 4.33. The molecule has 0 bridgehead atoms. The second kappa shape index (κ2) is 6.82. The van der Waals surface area contributed by atoms with Gasteiger partial charge in [0.05, 0.1) is 38.0 Å². The Bertz CT molecular complexity index is 1370. The lowest BCUT2D eigenvalue weighted by atomic mass is 10.0. The summed E-state index contributed by atoms with van der Waals surface area (Å²) in [6.07, 6.45) is 0. The Morgan fingerprint density at radius 2 is 1.93 bits per heavy atom. The summed E-state index contributed by atoms with van der Waals surface area (Å²) in [6.45, 7) is 6.14. The Labute approximate surface area is 178 Å². The number of nitrogens with zero attached hydrogens (tertiary/aromatic N) is 3. The highest BCUT2D eigenvalue weighted by atomic mass is 32.2. The molecule has 0 saturated heterocycles. The van der Waals surface area contributed by atoms with Gasteiger partial charge in [-0.05, 0) is 56.7 Å². The van der Waals surface area contributed by atoms with Crippen molar-refractivity contribution >= 4 is 37.3 Å². The van der Waals surface area contributed by atoms with Gasteiger partial charge in [-0.3, -0.25) is 4.31 Å². The predicted molar refractivity (Wildman–Crippen MR) is 116 cm³/mol. The van der Waals surface area contributed by atoms with Gasteiger partial charge in [-0.1, -0.05) is 11.2 Å². The molecule has 30 heavy (non-hydrogen) atoms. The molecule has 0 radical (unpaired) electrons. The number of thiazole rings is 1. The van der Waals surface area contributed by atoms with Crippen molar-refractivity contribution in [1.29, 1.82) is 0 Å². The largest absolute Gasteiger partial charge is 0.489 e. The number of hydrogen-bond donors (Lipinski definition) is 0. The second-order valence-corrected chi connectivity index (χ2v) is 10.3. The van der Waals surface area contributed by atoms with Crippen LogP contribution in [0.4, 0.5) is 5.69 Å². The quantitative estimate of drug-likeness (QED) is 0.466. The molecule has 1 aliphatic rings. The lowest BCUT2D eigenvalue weighted by Gasteiger charge is -2.31. The first-order valence-corrected chi connectivity index (χ1v) is 11.7. The van der Waals surface area contributed by atoms with E-state index in [0.717, 1.165) is 32.0 Å². The maximum atomic E-state index is 13.6. The lowest BCUT2D eigenvalue weighted by Crippen LogP contribution is -2.37. The monoisotopic (exact) mass is 441 g/mol. The van der Waals surface area contributed by atoms with Gasteiger partial charge >= 0.3 is 0 Å². The van der Waals surface area contributed by atoms with Crippen LogP contribution in [-0.2, 0) is 10.0 Å². The molecule has 0 aliphatic carbocycles. The van der Waals surface area contributed by atoms with Gasteiger partial charge in [0.1, 0.15) is 18.1 Å². The van der Waals surface area contributed by atoms with Crippen molar-refractivity contribution in [2.75, 3.05) is 17.5 Å². The van der Waals surface area contributed by atoms with Gasteiger partial charge in [-0.25, -0.2) is 13.4 Å². The SMILES string of the molecule is Cc1nc2ccc(S(=O)(=O)N3CCOc4ccc(-c5c(C)noc5C)cc43)cc2s1. The van der Waals surface area contributed by atoms with Crippen LogP contribution in [0.15, 0.2) is 45.8 Å². The number of fused-ring (bicyclic) bond motifs is 2. The third kappa shape index (κ3) is 2.96.